The molecule has 0 saturated carbocycles. The minimum atomic E-state index is -0.574. The molecule has 0 unspecified atom stereocenters. The van der Waals surface area contributed by atoms with Gasteiger partial charge in [0.2, 0.25) is 0 Å². The zero-order valence-electron chi connectivity index (χ0n) is 13.4. The van der Waals surface area contributed by atoms with Crippen LogP contribution in [0, 0.1) is 4.77 Å². The van der Waals surface area contributed by atoms with Gasteiger partial charge in [0, 0.05) is 15.1 Å². The second-order valence-electron chi connectivity index (χ2n) is 5.83. The van der Waals surface area contributed by atoms with Gasteiger partial charge in [-0.25, -0.2) is 4.57 Å². The van der Waals surface area contributed by atoms with Gasteiger partial charge in [-0.1, -0.05) is 63.4 Å². The van der Waals surface area contributed by atoms with Crippen LogP contribution < -0.4 is 5.56 Å². The Morgan fingerprint density at radius 1 is 1.04 bits per heavy atom. The highest BCUT2D eigenvalue weighted by atomic mass is 79.9. The molecule has 8 heteroatoms. The second-order valence-corrected chi connectivity index (χ2v) is 7.91. The van der Waals surface area contributed by atoms with E-state index in [2.05, 4.69) is 20.9 Å². The van der Waals surface area contributed by atoms with Crippen molar-refractivity contribution >= 4 is 78.9 Å². The topological polar surface area (TPSA) is 54.9 Å². The summed E-state index contributed by atoms with van der Waals surface area (Å²) >= 11 is 20.9. The van der Waals surface area contributed by atoms with E-state index in [9.17, 15) is 9.59 Å². The maximum absolute atomic E-state index is 13.2. The number of aromatic amines is 1. The van der Waals surface area contributed by atoms with Crippen molar-refractivity contribution in [3.05, 3.63) is 83.7 Å². The van der Waals surface area contributed by atoms with Crippen molar-refractivity contribution in [2.45, 2.75) is 0 Å². The molecule has 0 bridgehead atoms. The standard InChI is InChI=1S/C19H9BrCl2N2O2S/c20-14-6-2-3-10-11(14)4-1-5-12(10)17(25)24-18(26)13-7-9(21)8-15(22)16(13)23-19(24)27/h1-8H,(H,23,27). The Kier molecular flexibility index (Phi) is 4.68. The van der Waals surface area contributed by atoms with Crippen LogP contribution in [0.4, 0.5) is 0 Å². The summed E-state index contributed by atoms with van der Waals surface area (Å²) in [6, 6.07) is 13.8. The maximum atomic E-state index is 13.2. The number of hydrogen-bond acceptors (Lipinski definition) is 3. The number of aromatic nitrogens is 2. The highest BCUT2D eigenvalue weighted by Gasteiger charge is 2.18. The number of H-pyrrole nitrogens is 1. The molecule has 0 aliphatic rings. The summed E-state index contributed by atoms with van der Waals surface area (Å²) in [4.78, 5) is 29.1. The molecule has 0 radical (unpaired) electrons. The van der Waals surface area contributed by atoms with Crippen molar-refractivity contribution in [2.75, 3.05) is 0 Å². The fourth-order valence-electron chi connectivity index (χ4n) is 3.01. The summed E-state index contributed by atoms with van der Waals surface area (Å²) in [5.74, 6) is -0.525. The fourth-order valence-corrected chi connectivity index (χ4v) is 4.31. The molecular weight excluding hydrogens is 471 g/mol. The van der Waals surface area contributed by atoms with Crippen LogP contribution in [0.2, 0.25) is 10.0 Å². The van der Waals surface area contributed by atoms with Crippen LogP contribution in [-0.2, 0) is 0 Å². The van der Waals surface area contributed by atoms with E-state index in [0.29, 0.717) is 21.5 Å². The van der Waals surface area contributed by atoms with Crippen molar-refractivity contribution in [2.24, 2.45) is 0 Å². The first-order valence-corrected chi connectivity index (χ1v) is 9.70. The third kappa shape index (κ3) is 3.02. The van der Waals surface area contributed by atoms with Crippen LogP contribution in [0.3, 0.4) is 0 Å². The van der Waals surface area contributed by atoms with Gasteiger partial charge in [0.05, 0.1) is 15.9 Å². The third-order valence-corrected chi connectivity index (χ3v) is 5.72. The Labute approximate surface area is 176 Å². The smallest absolute Gasteiger partial charge is 0.269 e. The molecule has 0 aliphatic carbocycles. The Bertz CT molecular complexity index is 1380. The lowest BCUT2D eigenvalue weighted by Crippen LogP contribution is -2.29. The van der Waals surface area contributed by atoms with E-state index in [1.807, 2.05) is 24.3 Å². The molecule has 0 fully saturated rings. The molecule has 4 nitrogen and oxygen atoms in total. The first-order valence-electron chi connectivity index (χ1n) is 7.74. The van der Waals surface area contributed by atoms with Crippen LogP contribution in [0.5, 0.6) is 0 Å². The molecule has 134 valence electrons. The van der Waals surface area contributed by atoms with E-state index in [-0.39, 0.29) is 15.2 Å². The highest BCUT2D eigenvalue weighted by molar-refractivity contribution is 9.10. The summed E-state index contributed by atoms with van der Waals surface area (Å²) < 4.78 is 1.75. The Balaban J connectivity index is 2.04. The number of fused-ring (bicyclic) bond motifs is 2. The number of nitrogens with one attached hydrogen (secondary N) is 1. The Hall–Kier alpha value is -1.99. The van der Waals surface area contributed by atoms with E-state index < -0.39 is 11.5 Å². The molecular formula is C19H9BrCl2N2O2S. The van der Waals surface area contributed by atoms with Gasteiger partial charge < -0.3 is 4.98 Å². The normalized spacial score (nSPS) is 11.2. The van der Waals surface area contributed by atoms with Gasteiger partial charge in [-0.05, 0) is 47.3 Å². The first kappa shape index (κ1) is 18.4. The SMILES string of the molecule is O=C(c1cccc2c(Br)cccc12)n1c(=S)[nH]c2c(Cl)cc(Cl)cc2c1=O. The van der Waals surface area contributed by atoms with E-state index in [4.69, 9.17) is 35.4 Å². The van der Waals surface area contributed by atoms with Gasteiger partial charge >= 0.3 is 0 Å². The van der Waals surface area contributed by atoms with Crippen LogP contribution in [0.15, 0.2) is 57.8 Å². The zero-order valence-corrected chi connectivity index (χ0v) is 17.3. The van der Waals surface area contributed by atoms with Crippen molar-refractivity contribution in [1.82, 2.24) is 9.55 Å². The minimum Gasteiger partial charge on any atom is -0.330 e. The van der Waals surface area contributed by atoms with E-state index in [1.54, 1.807) is 12.1 Å². The summed E-state index contributed by atoms with van der Waals surface area (Å²) in [6.07, 6.45) is 0. The predicted octanol–water partition coefficient (Wildman–Crippen LogP) is 5.97. The number of benzene rings is 3. The zero-order chi connectivity index (χ0) is 19.3. The number of rotatable bonds is 1. The van der Waals surface area contributed by atoms with E-state index in [0.717, 1.165) is 14.4 Å². The van der Waals surface area contributed by atoms with Gasteiger partial charge in [-0.15, -0.1) is 0 Å². The van der Waals surface area contributed by atoms with Crippen LogP contribution in [0.25, 0.3) is 21.7 Å². The van der Waals surface area contributed by atoms with Gasteiger partial charge in [0.15, 0.2) is 4.77 Å². The Morgan fingerprint density at radius 2 is 1.74 bits per heavy atom. The van der Waals surface area contributed by atoms with Gasteiger partial charge in [-0.2, -0.15) is 0 Å². The summed E-state index contributed by atoms with van der Waals surface area (Å²) in [7, 11) is 0. The third-order valence-electron chi connectivity index (χ3n) is 4.23. The number of carbonyl (C=O) groups is 1. The predicted molar refractivity (Wildman–Crippen MR) is 115 cm³/mol. The summed E-state index contributed by atoms with van der Waals surface area (Å²) in [6.45, 7) is 0. The summed E-state index contributed by atoms with van der Waals surface area (Å²) in [5, 5.41) is 2.31. The molecule has 1 N–H and O–H groups in total. The Morgan fingerprint density at radius 3 is 2.52 bits per heavy atom. The lowest BCUT2D eigenvalue weighted by atomic mass is 10.0. The fraction of sp³-hybridized carbons (Fsp3) is 0. The lowest BCUT2D eigenvalue weighted by molar-refractivity contribution is 0.0955. The highest BCUT2D eigenvalue weighted by Crippen LogP contribution is 2.27. The average Bonchev–Trinajstić information content (AvgIpc) is 2.63. The lowest BCUT2D eigenvalue weighted by Gasteiger charge is -2.11. The quantitative estimate of drug-likeness (QED) is 0.342. The monoisotopic (exact) mass is 478 g/mol. The molecule has 0 atom stereocenters. The van der Waals surface area contributed by atoms with Crippen molar-refractivity contribution < 1.29 is 4.79 Å². The molecule has 4 rings (SSSR count). The second kappa shape index (κ2) is 6.87. The van der Waals surface area contributed by atoms with Crippen molar-refractivity contribution in [3.63, 3.8) is 0 Å². The number of carbonyl (C=O) groups excluding carboxylic acids is 1. The molecule has 0 spiro atoms. The summed E-state index contributed by atoms with van der Waals surface area (Å²) in [5.41, 5.74) is 0.138. The van der Waals surface area contributed by atoms with Crippen molar-refractivity contribution in [1.29, 1.82) is 0 Å². The largest absolute Gasteiger partial charge is 0.330 e. The number of halogens is 3. The number of hydrogen-bond donors (Lipinski definition) is 1. The number of nitrogens with zero attached hydrogens (tertiary/aromatic N) is 1. The maximum Gasteiger partial charge on any atom is 0.269 e. The minimum absolute atomic E-state index is 0.0336. The van der Waals surface area contributed by atoms with E-state index >= 15 is 0 Å². The van der Waals surface area contributed by atoms with Gasteiger partial charge in [0.25, 0.3) is 11.5 Å². The van der Waals surface area contributed by atoms with Gasteiger partial charge in [0.1, 0.15) is 0 Å². The molecule has 1 heterocycles. The first-order chi connectivity index (χ1) is 12.9. The molecule has 1 aromatic heterocycles. The van der Waals surface area contributed by atoms with E-state index in [1.165, 1.54) is 12.1 Å². The van der Waals surface area contributed by atoms with Crippen LogP contribution in [0.1, 0.15) is 10.4 Å². The molecule has 27 heavy (non-hydrogen) atoms. The van der Waals surface area contributed by atoms with Gasteiger partial charge in [-0.3, -0.25) is 9.59 Å². The molecule has 4 aromatic rings. The molecule has 0 saturated heterocycles. The molecule has 0 amide bonds. The van der Waals surface area contributed by atoms with Crippen molar-refractivity contribution in [3.8, 4) is 0 Å². The average molecular weight is 480 g/mol. The molecule has 3 aromatic carbocycles. The molecule has 0 aliphatic heterocycles. The van der Waals surface area contributed by atoms with Crippen LogP contribution >= 0.6 is 51.3 Å². The van der Waals surface area contributed by atoms with Crippen LogP contribution in [-0.4, -0.2) is 15.5 Å².